The monoisotopic (exact) mass is 472 g/mol. The first-order chi connectivity index (χ1) is 17.1. The lowest BCUT2D eigenvalue weighted by Gasteiger charge is -2.31. The molecule has 35 heavy (non-hydrogen) atoms. The smallest absolute Gasteiger partial charge is 0.159 e. The van der Waals surface area contributed by atoms with Crippen LogP contribution in [0.4, 0.5) is 4.39 Å². The van der Waals surface area contributed by atoms with E-state index in [2.05, 4.69) is 31.5 Å². The fraction of sp³-hybridized carbons (Fsp3) is 0.333. The van der Waals surface area contributed by atoms with E-state index in [1.807, 2.05) is 19.2 Å². The third-order valence-electron chi connectivity index (χ3n) is 7.30. The highest BCUT2D eigenvalue weighted by Gasteiger charge is 2.26. The lowest BCUT2D eigenvalue weighted by atomic mass is 9.96. The SMILES string of the molecule is CCc1cc(O)ccc1-c1ccc2c(-c3nc(C4=CCN(C5CCCNC5)C4)c[nH]3)n[nH]c2c1F. The molecule has 1 saturated heterocycles. The van der Waals surface area contributed by atoms with Gasteiger partial charge < -0.3 is 15.4 Å². The van der Waals surface area contributed by atoms with E-state index in [-0.39, 0.29) is 11.6 Å². The number of phenols is 1. The Morgan fingerprint density at radius 2 is 2.09 bits per heavy atom. The topological polar surface area (TPSA) is 92.9 Å². The van der Waals surface area contributed by atoms with Crippen LogP contribution in [0.5, 0.6) is 5.75 Å². The van der Waals surface area contributed by atoms with Crippen LogP contribution in [0.3, 0.4) is 0 Å². The number of H-pyrrole nitrogens is 2. The predicted octanol–water partition coefficient (Wildman–Crippen LogP) is 4.48. The van der Waals surface area contributed by atoms with Gasteiger partial charge in [0.1, 0.15) is 17.0 Å². The van der Waals surface area contributed by atoms with Crippen LogP contribution in [0.15, 0.2) is 42.6 Å². The van der Waals surface area contributed by atoms with Gasteiger partial charge in [0.25, 0.3) is 0 Å². The minimum Gasteiger partial charge on any atom is -0.508 e. The van der Waals surface area contributed by atoms with Gasteiger partial charge in [0.15, 0.2) is 11.6 Å². The summed E-state index contributed by atoms with van der Waals surface area (Å²) in [5.74, 6) is 0.444. The number of aryl methyl sites for hydroxylation is 1. The summed E-state index contributed by atoms with van der Waals surface area (Å²) < 4.78 is 15.6. The first kappa shape index (κ1) is 22.0. The molecule has 7 nitrogen and oxygen atoms in total. The molecule has 1 atom stereocenters. The summed E-state index contributed by atoms with van der Waals surface area (Å²) in [6.07, 6.45) is 7.32. The van der Waals surface area contributed by atoms with Crippen LogP contribution in [-0.2, 0) is 6.42 Å². The first-order valence-electron chi connectivity index (χ1n) is 12.3. The van der Waals surface area contributed by atoms with E-state index >= 15 is 4.39 Å². The van der Waals surface area contributed by atoms with Crippen LogP contribution >= 0.6 is 0 Å². The largest absolute Gasteiger partial charge is 0.508 e. The van der Waals surface area contributed by atoms with Gasteiger partial charge in [0.05, 0.1) is 5.69 Å². The van der Waals surface area contributed by atoms with Crippen molar-refractivity contribution in [3.63, 3.8) is 0 Å². The van der Waals surface area contributed by atoms with Gasteiger partial charge >= 0.3 is 0 Å². The molecule has 0 aliphatic carbocycles. The second kappa shape index (κ2) is 8.94. The van der Waals surface area contributed by atoms with Gasteiger partial charge in [0.2, 0.25) is 0 Å². The quantitative estimate of drug-likeness (QED) is 0.344. The molecule has 1 fully saturated rings. The molecule has 0 radical (unpaired) electrons. The second-order valence-corrected chi connectivity index (χ2v) is 9.41. The van der Waals surface area contributed by atoms with Crippen LogP contribution < -0.4 is 5.32 Å². The zero-order valence-corrected chi connectivity index (χ0v) is 19.7. The van der Waals surface area contributed by atoms with Crippen molar-refractivity contribution >= 4 is 16.5 Å². The Hall–Kier alpha value is -3.49. The Kier molecular flexibility index (Phi) is 5.62. The van der Waals surface area contributed by atoms with Crippen molar-refractivity contribution < 1.29 is 9.50 Å². The van der Waals surface area contributed by atoms with Gasteiger partial charge in [-0.15, -0.1) is 0 Å². The Morgan fingerprint density at radius 1 is 1.20 bits per heavy atom. The molecule has 0 bridgehead atoms. The number of nitrogens with one attached hydrogen (secondary N) is 3. The standard InChI is InChI=1S/C27H29FN6O/c1-2-16-12-19(35)5-6-20(16)21-7-8-22-25(24(21)28)32-33-26(22)27-30-14-23(31-27)17-9-11-34(15-17)18-4-3-10-29-13-18/h5-9,12,14,18,29,35H,2-4,10-11,13,15H2,1H3,(H,30,31)(H,32,33). The van der Waals surface area contributed by atoms with Crippen molar-refractivity contribution in [2.75, 3.05) is 26.2 Å². The fourth-order valence-corrected chi connectivity index (χ4v) is 5.37. The number of hydrogen-bond acceptors (Lipinski definition) is 5. The van der Waals surface area contributed by atoms with Gasteiger partial charge in [-0.05, 0) is 60.7 Å². The molecule has 2 aromatic carbocycles. The molecule has 4 N–H and O–H groups in total. The van der Waals surface area contributed by atoms with Gasteiger partial charge in [-0.1, -0.05) is 25.1 Å². The summed E-state index contributed by atoms with van der Waals surface area (Å²) in [5, 5.41) is 21.3. The lowest BCUT2D eigenvalue weighted by Crippen LogP contribution is -2.45. The third kappa shape index (κ3) is 3.92. The van der Waals surface area contributed by atoms with Crippen molar-refractivity contribution in [1.29, 1.82) is 0 Å². The Morgan fingerprint density at radius 3 is 2.91 bits per heavy atom. The van der Waals surface area contributed by atoms with Crippen molar-refractivity contribution in [2.45, 2.75) is 32.2 Å². The fourth-order valence-electron chi connectivity index (χ4n) is 5.37. The molecule has 4 aromatic rings. The molecule has 2 aliphatic rings. The maximum atomic E-state index is 15.6. The number of imidazole rings is 1. The van der Waals surface area contributed by atoms with Crippen LogP contribution in [0, 0.1) is 5.82 Å². The molecule has 6 rings (SSSR count). The van der Waals surface area contributed by atoms with Crippen LogP contribution in [-0.4, -0.2) is 62.4 Å². The maximum absolute atomic E-state index is 15.6. The molecule has 0 amide bonds. The summed E-state index contributed by atoms with van der Waals surface area (Å²) in [7, 11) is 0. The molecule has 0 saturated carbocycles. The zero-order chi connectivity index (χ0) is 23.9. The summed E-state index contributed by atoms with van der Waals surface area (Å²) in [5.41, 5.74) is 5.22. The highest BCUT2D eigenvalue weighted by Crippen LogP contribution is 2.35. The Bertz CT molecular complexity index is 1410. The van der Waals surface area contributed by atoms with E-state index in [9.17, 15) is 5.11 Å². The average molecular weight is 473 g/mol. The van der Waals surface area contributed by atoms with E-state index in [0.717, 1.165) is 43.0 Å². The van der Waals surface area contributed by atoms with Gasteiger partial charge in [-0.3, -0.25) is 10.00 Å². The van der Waals surface area contributed by atoms with Crippen LogP contribution in [0.2, 0.25) is 0 Å². The molecule has 180 valence electrons. The number of aromatic amines is 2. The van der Waals surface area contributed by atoms with Crippen molar-refractivity contribution in [3.8, 4) is 28.4 Å². The minimum atomic E-state index is -0.358. The normalized spacial score (nSPS) is 18.9. The van der Waals surface area contributed by atoms with Gasteiger partial charge in [-0.2, -0.15) is 5.10 Å². The number of rotatable bonds is 5. The number of nitrogens with zero attached hydrogens (tertiary/aromatic N) is 3. The summed E-state index contributed by atoms with van der Waals surface area (Å²) in [6, 6.07) is 9.27. The number of aromatic hydroxyl groups is 1. The van der Waals surface area contributed by atoms with Crippen molar-refractivity contribution in [1.82, 2.24) is 30.4 Å². The summed E-state index contributed by atoms with van der Waals surface area (Å²) in [6.45, 7) is 5.98. The average Bonchev–Trinajstić information content (AvgIpc) is 3.64. The number of benzene rings is 2. The molecule has 2 aromatic heterocycles. The summed E-state index contributed by atoms with van der Waals surface area (Å²) >= 11 is 0. The molecule has 0 spiro atoms. The highest BCUT2D eigenvalue weighted by atomic mass is 19.1. The predicted molar refractivity (Wildman–Crippen MR) is 136 cm³/mol. The number of fused-ring (bicyclic) bond motifs is 1. The number of aromatic nitrogens is 4. The van der Waals surface area contributed by atoms with Crippen LogP contribution in [0.25, 0.3) is 39.1 Å². The number of halogens is 1. The Balaban J connectivity index is 1.28. The molecule has 4 heterocycles. The molecule has 8 heteroatoms. The number of piperidine rings is 1. The van der Waals surface area contributed by atoms with E-state index in [4.69, 9.17) is 4.98 Å². The van der Waals surface area contributed by atoms with Gasteiger partial charge in [0, 0.05) is 42.8 Å². The van der Waals surface area contributed by atoms with Crippen LogP contribution in [0.1, 0.15) is 31.0 Å². The van der Waals surface area contributed by atoms with E-state index < -0.39 is 0 Å². The number of hydrogen-bond donors (Lipinski definition) is 4. The maximum Gasteiger partial charge on any atom is 0.159 e. The van der Waals surface area contributed by atoms with Crippen molar-refractivity contribution in [2.24, 2.45) is 0 Å². The molecular weight excluding hydrogens is 443 g/mol. The lowest BCUT2D eigenvalue weighted by molar-refractivity contribution is 0.212. The highest BCUT2D eigenvalue weighted by molar-refractivity contribution is 5.95. The van der Waals surface area contributed by atoms with E-state index in [0.29, 0.717) is 40.4 Å². The minimum absolute atomic E-state index is 0.181. The van der Waals surface area contributed by atoms with Crippen molar-refractivity contribution in [3.05, 3.63) is 59.7 Å². The molecule has 2 aliphatic heterocycles. The van der Waals surface area contributed by atoms with E-state index in [1.165, 1.54) is 18.4 Å². The molecular formula is C27H29FN6O. The number of phenolic OH excluding ortho intramolecular Hbond substituents is 1. The first-order valence-corrected chi connectivity index (χ1v) is 12.3. The third-order valence-corrected chi connectivity index (χ3v) is 7.30. The summed E-state index contributed by atoms with van der Waals surface area (Å²) in [4.78, 5) is 10.6. The van der Waals surface area contributed by atoms with Gasteiger partial charge in [-0.25, -0.2) is 9.37 Å². The van der Waals surface area contributed by atoms with E-state index in [1.54, 1.807) is 24.3 Å². The molecule has 1 unspecified atom stereocenters. The zero-order valence-electron chi connectivity index (χ0n) is 19.7. The second-order valence-electron chi connectivity index (χ2n) is 9.41. The Labute approximate surface area is 203 Å².